The van der Waals surface area contributed by atoms with Crippen LogP contribution in [0.5, 0.6) is 0 Å². The highest BCUT2D eigenvalue weighted by atomic mass is 79.9. The number of hydroxylamine groups is 8. The maximum atomic E-state index is 15.3. The molecule has 0 aromatic heterocycles. The first-order chi connectivity index (χ1) is 37.5. The van der Waals surface area contributed by atoms with Crippen LogP contribution in [-0.2, 0) is 101 Å². The monoisotopic (exact) mass is 1270 g/mol. The van der Waals surface area contributed by atoms with E-state index in [1.807, 2.05) is 0 Å². The summed E-state index contributed by atoms with van der Waals surface area (Å²) in [6.45, 7) is -3.45. The van der Waals surface area contributed by atoms with Gasteiger partial charge in [0.2, 0.25) is 17.7 Å². The van der Waals surface area contributed by atoms with Gasteiger partial charge in [-0.3, -0.25) is 62.1 Å². The average Bonchev–Trinajstić information content (AvgIpc) is 4.12. The van der Waals surface area contributed by atoms with Gasteiger partial charge in [-0.05, 0) is 6.42 Å². The number of amides is 11. The topological polar surface area (TPSA) is 386 Å². The molecular weight excluding hydrogens is 1210 g/mol. The van der Waals surface area contributed by atoms with Gasteiger partial charge in [0.1, 0.15) is 5.78 Å². The maximum absolute atomic E-state index is 15.3. The quantitative estimate of drug-likeness (QED) is 0.0294. The number of hydrogen-bond donors (Lipinski definition) is 3. The van der Waals surface area contributed by atoms with E-state index in [1.165, 1.54) is 4.67 Å². The smallest absolute Gasteiger partial charge is 0.334 e. The molecule has 3 N–H and O–H groups in total. The summed E-state index contributed by atoms with van der Waals surface area (Å²) < 4.78 is 16.5. The van der Waals surface area contributed by atoms with E-state index in [1.54, 1.807) is 0 Å². The van der Waals surface area contributed by atoms with Crippen molar-refractivity contribution in [1.82, 2.24) is 50.2 Å². The summed E-state index contributed by atoms with van der Waals surface area (Å²) in [6.07, 6.45) is -5.02. The van der Waals surface area contributed by atoms with Gasteiger partial charge in [-0.25, -0.2) is 34.0 Å². The number of Topliss-reactive ketones (excluding diaryl/α,β-unsaturated/α-hetero) is 1. The summed E-state index contributed by atoms with van der Waals surface area (Å²) in [7, 11) is -4.26. The molecule has 31 nitrogen and oxygen atoms in total. The third-order valence-electron chi connectivity index (χ3n) is 11.8. The van der Waals surface area contributed by atoms with Crippen LogP contribution >= 0.6 is 39.5 Å². The van der Waals surface area contributed by atoms with Gasteiger partial charge in [-0.2, -0.15) is 0 Å². The highest BCUT2D eigenvalue weighted by Crippen LogP contribution is 2.41. The largest absolute Gasteiger partial charge is 0.355 e. The molecule has 4 saturated heterocycles. The fourth-order valence-corrected chi connectivity index (χ4v) is 10.5. The van der Waals surface area contributed by atoms with Gasteiger partial charge in [0.05, 0.1) is 25.7 Å². The molecule has 0 bridgehead atoms. The normalized spacial score (nSPS) is 16.2. The predicted molar refractivity (Wildman–Crippen MR) is 269 cm³/mol. The van der Waals surface area contributed by atoms with E-state index >= 15 is 4.57 Å². The second kappa shape index (κ2) is 32.6. The number of nitrogens with one attached hydrogen (secondary N) is 3. The fraction of sp³-hybridized carbons (Fsp3) is 0.644. The first kappa shape index (κ1) is 65.1. The standard InChI is InChI=1S/C45H61Br2N10O21P/c46-19-11-30(58)2-1-21-49-79(74,50-23-22-48-31(59)12-20-47)53(28-13-32(60)51(24-15-42(70)75-54-34(62)3-4-35(54)63)25-16-43(71)76-55-36(64)5-6-37(55)65)29-14-33(61)52(26-17-44(72)77-56-38(66)7-8-39(56)67)27-18-45(73)78-57-40(68)9-10-41(57)69/h1-29H2,(H,48,59)(H2,49,50,74). The molecule has 1 unspecified atom stereocenters. The van der Waals surface area contributed by atoms with Gasteiger partial charge in [-0.1, -0.05) is 31.9 Å². The number of imide groups is 4. The van der Waals surface area contributed by atoms with Crippen LogP contribution < -0.4 is 15.5 Å². The van der Waals surface area contributed by atoms with Crippen molar-refractivity contribution in [3.8, 4) is 0 Å². The first-order valence-corrected chi connectivity index (χ1v) is 29.0. The van der Waals surface area contributed by atoms with Crippen LogP contribution in [0.2, 0.25) is 0 Å². The minimum absolute atomic E-state index is 0.0537. The Balaban J connectivity index is 1.62. The van der Waals surface area contributed by atoms with Crippen LogP contribution in [0.15, 0.2) is 0 Å². The molecule has 34 heteroatoms. The number of rotatable bonds is 36. The van der Waals surface area contributed by atoms with Crippen LogP contribution in [0.25, 0.3) is 0 Å². The minimum atomic E-state index is -4.26. The van der Waals surface area contributed by atoms with Crippen molar-refractivity contribution < 1.29 is 101 Å². The van der Waals surface area contributed by atoms with Gasteiger partial charge in [0.15, 0.2) is 0 Å². The SMILES string of the molecule is O=C(CCBr)CCCNP(=O)(NCCNC(=O)CCBr)N(CCC(=O)N(CCC(=O)ON1C(=O)CCC1=O)CCC(=O)ON1C(=O)CCC1=O)CCC(=O)N(CCC(=O)ON1C(=O)CCC1=O)CCC(=O)ON1C(=O)CCC1=O. The molecule has 0 spiro atoms. The Labute approximate surface area is 468 Å². The number of hydrogen-bond acceptors (Lipinski definition) is 21. The lowest BCUT2D eigenvalue weighted by molar-refractivity contribution is -0.198. The van der Waals surface area contributed by atoms with Crippen molar-refractivity contribution >= 4 is 134 Å². The van der Waals surface area contributed by atoms with E-state index in [2.05, 4.69) is 47.4 Å². The van der Waals surface area contributed by atoms with E-state index in [4.69, 9.17) is 19.4 Å². The van der Waals surface area contributed by atoms with Gasteiger partial charge in [-0.15, -0.1) is 20.3 Å². The van der Waals surface area contributed by atoms with E-state index < -0.39 is 168 Å². The molecule has 436 valence electrons. The molecule has 4 aliphatic heterocycles. The van der Waals surface area contributed by atoms with E-state index in [9.17, 15) is 76.7 Å². The Morgan fingerprint density at radius 1 is 0.418 bits per heavy atom. The molecule has 0 aliphatic carbocycles. The van der Waals surface area contributed by atoms with Gasteiger partial charge < -0.3 is 34.5 Å². The summed E-state index contributed by atoms with van der Waals surface area (Å²) >= 11 is 6.38. The Morgan fingerprint density at radius 3 is 1.05 bits per heavy atom. The van der Waals surface area contributed by atoms with Crippen LogP contribution in [0.3, 0.4) is 0 Å². The fourth-order valence-electron chi connectivity index (χ4n) is 7.59. The first-order valence-electron chi connectivity index (χ1n) is 25.1. The van der Waals surface area contributed by atoms with Crippen LogP contribution in [-0.4, -0.2) is 199 Å². The number of alkyl halides is 2. The predicted octanol–water partition coefficient (Wildman–Crippen LogP) is -0.962. The lowest BCUT2D eigenvalue weighted by Gasteiger charge is -2.34. The Kier molecular flexibility index (Phi) is 26.9. The van der Waals surface area contributed by atoms with E-state index in [-0.39, 0.29) is 129 Å². The number of carbonyl (C=O) groups excluding carboxylic acids is 16. The Hall–Kier alpha value is -6.41. The summed E-state index contributed by atoms with van der Waals surface area (Å²) in [6, 6.07) is 0. The Morgan fingerprint density at radius 2 is 0.734 bits per heavy atom. The maximum Gasteiger partial charge on any atom is 0.334 e. The zero-order chi connectivity index (χ0) is 58.2. The van der Waals surface area contributed by atoms with Crippen LogP contribution in [0.1, 0.15) is 116 Å². The number of carbonyl (C=O) groups is 16. The lowest BCUT2D eigenvalue weighted by Crippen LogP contribution is -2.44. The van der Waals surface area contributed by atoms with Gasteiger partial charge in [0.25, 0.3) is 54.9 Å². The second-order valence-corrected chi connectivity index (χ2v) is 21.6. The zero-order valence-electron chi connectivity index (χ0n) is 42.9. The molecule has 0 aromatic carbocycles. The van der Waals surface area contributed by atoms with Gasteiger partial charge in [0, 0.05) is 153 Å². The average molecular weight is 1270 g/mol. The van der Waals surface area contributed by atoms with Crippen LogP contribution in [0, 0.1) is 0 Å². The third kappa shape index (κ3) is 21.3. The van der Waals surface area contributed by atoms with Crippen LogP contribution in [0.4, 0.5) is 0 Å². The minimum Gasteiger partial charge on any atom is -0.355 e. The Bertz CT molecular complexity index is 2120. The second-order valence-electron chi connectivity index (χ2n) is 17.7. The highest BCUT2D eigenvalue weighted by molar-refractivity contribution is 9.09. The molecule has 4 heterocycles. The lowest BCUT2D eigenvalue weighted by atomic mass is 10.2. The summed E-state index contributed by atoms with van der Waals surface area (Å²) in [5, 5.41) is 10.3. The molecule has 4 fully saturated rings. The number of nitrogens with zero attached hydrogens (tertiary/aromatic N) is 7. The molecule has 79 heavy (non-hydrogen) atoms. The van der Waals surface area contributed by atoms with Crippen molar-refractivity contribution in [3.05, 3.63) is 0 Å². The molecule has 0 aromatic rings. The molecule has 4 aliphatic rings. The van der Waals surface area contributed by atoms with Crippen molar-refractivity contribution in [3.63, 3.8) is 0 Å². The van der Waals surface area contributed by atoms with Crippen molar-refractivity contribution in [2.24, 2.45) is 0 Å². The summed E-state index contributed by atoms with van der Waals surface area (Å²) in [4.78, 5) is 224. The molecule has 0 saturated carbocycles. The molecule has 1 atom stereocenters. The molecule has 4 rings (SSSR count). The van der Waals surface area contributed by atoms with Crippen molar-refractivity contribution in [2.45, 2.75) is 116 Å². The molecule has 0 radical (unpaired) electrons. The van der Waals surface area contributed by atoms with E-state index in [0.717, 1.165) is 9.80 Å². The van der Waals surface area contributed by atoms with E-state index in [0.29, 0.717) is 10.7 Å². The van der Waals surface area contributed by atoms with Gasteiger partial charge >= 0.3 is 23.9 Å². The summed E-state index contributed by atoms with van der Waals surface area (Å²) in [5.41, 5.74) is 0. The molecule has 11 amide bonds. The highest BCUT2D eigenvalue weighted by Gasteiger charge is 2.38. The van der Waals surface area contributed by atoms with Crippen molar-refractivity contribution in [1.29, 1.82) is 0 Å². The zero-order valence-corrected chi connectivity index (χ0v) is 47.0. The summed E-state index contributed by atoms with van der Waals surface area (Å²) in [5.74, 6) is -13.0. The number of ketones is 1. The van der Waals surface area contributed by atoms with Crippen molar-refractivity contribution in [2.75, 3.05) is 69.6 Å². The number of halogens is 2. The third-order valence-corrected chi connectivity index (χ3v) is 15.1. The molecular formula is C45H61Br2N10O21P.